The van der Waals surface area contributed by atoms with E-state index in [2.05, 4.69) is 36.6 Å². The SMILES string of the molecule is CC(CN)C1(c2csc3ccccc23)COC1. The minimum absolute atomic E-state index is 0.147. The van der Waals surface area contributed by atoms with Gasteiger partial charge in [-0.3, -0.25) is 0 Å². The molecule has 1 aromatic heterocycles. The third-order valence-electron chi connectivity index (χ3n) is 4.03. The monoisotopic (exact) mass is 247 g/mol. The summed E-state index contributed by atoms with van der Waals surface area (Å²) in [4.78, 5) is 0. The van der Waals surface area contributed by atoms with Crippen molar-refractivity contribution in [3.8, 4) is 0 Å². The fourth-order valence-electron chi connectivity index (χ4n) is 2.62. The molecule has 1 fully saturated rings. The summed E-state index contributed by atoms with van der Waals surface area (Å²) in [5.41, 5.74) is 7.45. The van der Waals surface area contributed by atoms with Crippen molar-refractivity contribution in [2.24, 2.45) is 11.7 Å². The summed E-state index contributed by atoms with van der Waals surface area (Å²) in [5.74, 6) is 0.467. The first-order valence-electron chi connectivity index (χ1n) is 6.02. The van der Waals surface area contributed by atoms with Gasteiger partial charge in [0.1, 0.15) is 0 Å². The van der Waals surface area contributed by atoms with E-state index >= 15 is 0 Å². The molecule has 17 heavy (non-hydrogen) atoms. The minimum atomic E-state index is 0.147. The zero-order valence-electron chi connectivity index (χ0n) is 9.98. The van der Waals surface area contributed by atoms with Crippen LogP contribution in [-0.2, 0) is 10.2 Å². The summed E-state index contributed by atoms with van der Waals surface area (Å²) in [6.07, 6.45) is 0. The lowest BCUT2D eigenvalue weighted by Crippen LogP contribution is -2.53. The topological polar surface area (TPSA) is 35.2 Å². The highest BCUT2D eigenvalue weighted by molar-refractivity contribution is 7.17. The van der Waals surface area contributed by atoms with Gasteiger partial charge in [-0.15, -0.1) is 11.3 Å². The molecule has 3 heteroatoms. The molecule has 1 aliphatic heterocycles. The summed E-state index contributed by atoms with van der Waals surface area (Å²) in [6, 6.07) is 8.60. The van der Waals surface area contributed by atoms with E-state index in [0.717, 1.165) is 13.2 Å². The van der Waals surface area contributed by atoms with Crippen molar-refractivity contribution in [3.05, 3.63) is 35.2 Å². The second-order valence-corrected chi connectivity index (χ2v) is 5.84. The Hall–Kier alpha value is -0.900. The maximum Gasteiger partial charge on any atom is 0.0589 e. The first-order chi connectivity index (χ1) is 8.28. The molecule has 0 radical (unpaired) electrons. The lowest BCUT2D eigenvalue weighted by molar-refractivity contribution is -0.0844. The second-order valence-electron chi connectivity index (χ2n) is 4.93. The number of nitrogens with two attached hydrogens (primary N) is 1. The van der Waals surface area contributed by atoms with Gasteiger partial charge in [0.25, 0.3) is 0 Å². The van der Waals surface area contributed by atoms with Crippen LogP contribution in [0.4, 0.5) is 0 Å². The van der Waals surface area contributed by atoms with Gasteiger partial charge in [-0.05, 0) is 34.9 Å². The van der Waals surface area contributed by atoms with Gasteiger partial charge < -0.3 is 10.5 Å². The number of hydrogen-bond acceptors (Lipinski definition) is 3. The lowest BCUT2D eigenvalue weighted by Gasteiger charge is -2.46. The highest BCUT2D eigenvalue weighted by atomic mass is 32.1. The van der Waals surface area contributed by atoms with Crippen LogP contribution in [0, 0.1) is 5.92 Å². The Kier molecular flexibility index (Phi) is 2.69. The number of hydrogen-bond donors (Lipinski definition) is 1. The Morgan fingerprint density at radius 1 is 1.41 bits per heavy atom. The molecule has 0 bridgehead atoms. The van der Waals surface area contributed by atoms with E-state index in [1.807, 2.05) is 11.3 Å². The van der Waals surface area contributed by atoms with Crippen LogP contribution < -0.4 is 5.73 Å². The van der Waals surface area contributed by atoms with Gasteiger partial charge in [0.05, 0.1) is 13.2 Å². The van der Waals surface area contributed by atoms with Crippen molar-refractivity contribution in [1.82, 2.24) is 0 Å². The molecule has 1 aliphatic rings. The van der Waals surface area contributed by atoms with Crippen LogP contribution in [0.25, 0.3) is 10.1 Å². The predicted molar refractivity (Wildman–Crippen MR) is 72.5 cm³/mol. The highest BCUT2D eigenvalue weighted by Crippen LogP contribution is 2.44. The van der Waals surface area contributed by atoms with Gasteiger partial charge in [-0.2, -0.15) is 0 Å². The van der Waals surface area contributed by atoms with Crippen LogP contribution >= 0.6 is 11.3 Å². The van der Waals surface area contributed by atoms with E-state index in [1.54, 1.807) is 0 Å². The van der Waals surface area contributed by atoms with Crippen molar-refractivity contribution < 1.29 is 4.74 Å². The van der Waals surface area contributed by atoms with Crippen molar-refractivity contribution in [2.75, 3.05) is 19.8 Å². The van der Waals surface area contributed by atoms with Crippen molar-refractivity contribution >= 4 is 21.4 Å². The van der Waals surface area contributed by atoms with Crippen molar-refractivity contribution in [1.29, 1.82) is 0 Å². The van der Waals surface area contributed by atoms with Gasteiger partial charge in [0, 0.05) is 10.1 Å². The summed E-state index contributed by atoms with van der Waals surface area (Å²) < 4.78 is 6.84. The smallest absolute Gasteiger partial charge is 0.0589 e. The summed E-state index contributed by atoms with van der Waals surface area (Å²) >= 11 is 1.82. The summed E-state index contributed by atoms with van der Waals surface area (Å²) in [7, 11) is 0. The number of fused-ring (bicyclic) bond motifs is 1. The van der Waals surface area contributed by atoms with Gasteiger partial charge in [-0.1, -0.05) is 25.1 Å². The van der Waals surface area contributed by atoms with E-state index < -0.39 is 0 Å². The van der Waals surface area contributed by atoms with Gasteiger partial charge >= 0.3 is 0 Å². The molecular weight excluding hydrogens is 230 g/mol. The molecule has 0 aliphatic carbocycles. The number of ether oxygens (including phenoxy) is 1. The maximum absolute atomic E-state index is 5.87. The highest BCUT2D eigenvalue weighted by Gasteiger charge is 2.45. The first-order valence-corrected chi connectivity index (χ1v) is 6.90. The fourth-order valence-corrected chi connectivity index (χ4v) is 3.69. The van der Waals surface area contributed by atoms with E-state index in [0.29, 0.717) is 12.5 Å². The molecule has 0 spiro atoms. The van der Waals surface area contributed by atoms with E-state index in [9.17, 15) is 0 Å². The quantitative estimate of drug-likeness (QED) is 0.905. The molecule has 1 saturated heterocycles. The average molecular weight is 247 g/mol. The molecule has 90 valence electrons. The lowest BCUT2D eigenvalue weighted by atomic mass is 9.69. The summed E-state index contributed by atoms with van der Waals surface area (Å²) in [6.45, 7) is 4.57. The molecule has 2 N–H and O–H groups in total. The Bertz CT molecular complexity index is 530. The van der Waals surface area contributed by atoms with Crippen LogP contribution in [0.5, 0.6) is 0 Å². The average Bonchev–Trinajstić information content (AvgIpc) is 2.72. The van der Waals surface area contributed by atoms with Crippen molar-refractivity contribution in [2.45, 2.75) is 12.3 Å². The second kappa shape index (κ2) is 4.09. The van der Waals surface area contributed by atoms with Crippen molar-refractivity contribution in [3.63, 3.8) is 0 Å². The fraction of sp³-hybridized carbons (Fsp3) is 0.429. The van der Waals surface area contributed by atoms with Crippen LogP contribution in [0.2, 0.25) is 0 Å². The molecule has 3 rings (SSSR count). The third kappa shape index (κ3) is 1.53. The summed E-state index contributed by atoms with van der Waals surface area (Å²) in [5, 5.41) is 3.67. The van der Waals surface area contributed by atoms with Crippen LogP contribution in [0.3, 0.4) is 0 Å². The Morgan fingerprint density at radius 2 is 2.18 bits per heavy atom. The Balaban J connectivity index is 2.13. The van der Waals surface area contributed by atoms with Gasteiger partial charge in [0.15, 0.2) is 0 Å². The normalized spacial score (nSPS) is 20.1. The van der Waals surface area contributed by atoms with Gasteiger partial charge in [0.2, 0.25) is 0 Å². The molecule has 1 atom stereocenters. The molecule has 1 aromatic carbocycles. The zero-order valence-corrected chi connectivity index (χ0v) is 10.8. The standard InChI is InChI=1S/C14H17NOS/c1-10(6-15)14(8-16-9-14)12-7-17-13-5-3-2-4-11(12)13/h2-5,7,10H,6,8-9,15H2,1H3. The molecule has 0 amide bonds. The van der Waals surface area contributed by atoms with Gasteiger partial charge in [-0.25, -0.2) is 0 Å². The molecular formula is C14H17NOS. The Morgan fingerprint density at radius 3 is 2.82 bits per heavy atom. The maximum atomic E-state index is 5.87. The first kappa shape index (κ1) is 11.2. The zero-order chi connectivity index (χ0) is 11.9. The minimum Gasteiger partial charge on any atom is -0.379 e. The molecule has 2 aromatic rings. The molecule has 2 heterocycles. The molecule has 1 unspecified atom stereocenters. The number of thiophene rings is 1. The molecule has 0 saturated carbocycles. The van der Waals surface area contributed by atoms with Crippen LogP contribution in [0.15, 0.2) is 29.6 Å². The number of rotatable bonds is 3. The van der Waals surface area contributed by atoms with E-state index in [-0.39, 0.29) is 5.41 Å². The molecule has 2 nitrogen and oxygen atoms in total. The Labute approximate surface area is 105 Å². The number of benzene rings is 1. The van der Waals surface area contributed by atoms with E-state index in [4.69, 9.17) is 10.5 Å². The van der Waals surface area contributed by atoms with Crippen LogP contribution in [0.1, 0.15) is 12.5 Å². The predicted octanol–water partition coefficient (Wildman–Crippen LogP) is 2.76. The van der Waals surface area contributed by atoms with Crippen LogP contribution in [-0.4, -0.2) is 19.8 Å². The largest absolute Gasteiger partial charge is 0.379 e. The van der Waals surface area contributed by atoms with E-state index in [1.165, 1.54) is 15.6 Å². The third-order valence-corrected chi connectivity index (χ3v) is 5.00.